The molecule has 10 heteroatoms. The molecule has 2 aromatic heterocycles. The lowest BCUT2D eigenvalue weighted by molar-refractivity contribution is 0.00578. The first-order valence-corrected chi connectivity index (χ1v) is 15.0. The van der Waals surface area contributed by atoms with Crippen molar-refractivity contribution in [3.8, 4) is 22.8 Å². The van der Waals surface area contributed by atoms with Crippen molar-refractivity contribution in [2.75, 3.05) is 33.2 Å². The summed E-state index contributed by atoms with van der Waals surface area (Å²) in [4.78, 5) is 26.2. The quantitative estimate of drug-likeness (QED) is 0.222. The minimum Gasteiger partial charge on any atom is -0.497 e. The van der Waals surface area contributed by atoms with Crippen molar-refractivity contribution in [1.29, 1.82) is 0 Å². The zero-order valence-electron chi connectivity index (χ0n) is 27.3. The van der Waals surface area contributed by atoms with Crippen LogP contribution in [0.4, 0.5) is 5.82 Å². The second-order valence-electron chi connectivity index (χ2n) is 12.4. The third-order valence-corrected chi connectivity index (χ3v) is 8.47. The number of benzene rings is 2. The van der Waals surface area contributed by atoms with Gasteiger partial charge in [0.2, 0.25) is 0 Å². The van der Waals surface area contributed by atoms with E-state index in [2.05, 4.69) is 29.2 Å². The van der Waals surface area contributed by atoms with E-state index in [0.717, 1.165) is 39.5 Å². The van der Waals surface area contributed by atoms with Crippen LogP contribution in [0.1, 0.15) is 49.2 Å². The van der Waals surface area contributed by atoms with Gasteiger partial charge >= 0.3 is 7.12 Å². The molecule has 0 atom stereocenters. The molecule has 1 aliphatic rings. The highest BCUT2D eigenvalue weighted by Gasteiger charge is 2.52. The van der Waals surface area contributed by atoms with Crippen molar-refractivity contribution in [2.24, 2.45) is 0 Å². The SMILES string of the molecule is COc1ccc(CN(Cc2ccc(OC)cc2)c2ncc(B3OC(C)(C)C(C)(C)O3)cc2-c2ccc(C(=O)N(C)C)cn2)cc1. The number of carbonyl (C=O) groups is 1. The van der Waals surface area contributed by atoms with Gasteiger partial charge in [-0.05, 0) is 81.3 Å². The third-order valence-electron chi connectivity index (χ3n) is 8.47. The zero-order chi connectivity index (χ0) is 32.4. The first-order valence-electron chi connectivity index (χ1n) is 15.0. The minimum absolute atomic E-state index is 0.112. The summed E-state index contributed by atoms with van der Waals surface area (Å²) in [5, 5.41) is 0. The Labute approximate surface area is 266 Å². The topological polar surface area (TPSA) is 86.2 Å². The van der Waals surface area contributed by atoms with E-state index in [1.54, 1.807) is 40.6 Å². The van der Waals surface area contributed by atoms with E-state index in [1.165, 1.54) is 4.90 Å². The lowest BCUT2D eigenvalue weighted by Crippen LogP contribution is -2.41. The van der Waals surface area contributed by atoms with Gasteiger partial charge in [0.1, 0.15) is 17.3 Å². The molecule has 3 heterocycles. The number of rotatable bonds is 10. The smallest absolute Gasteiger partial charge is 0.496 e. The molecule has 0 radical (unpaired) electrons. The van der Waals surface area contributed by atoms with Crippen molar-refractivity contribution >= 4 is 24.3 Å². The van der Waals surface area contributed by atoms with E-state index in [9.17, 15) is 4.79 Å². The van der Waals surface area contributed by atoms with Gasteiger partial charge < -0.3 is 28.6 Å². The van der Waals surface area contributed by atoms with E-state index in [1.807, 2.05) is 70.3 Å². The van der Waals surface area contributed by atoms with Crippen molar-refractivity contribution < 1.29 is 23.6 Å². The second-order valence-corrected chi connectivity index (χ2v) is 12.4. The summed E-state index contributed by atoms with van der Waals surface area (Å²) in [6.07, 6.45) is 3.43. The summed E-state index contributed by atoms with van der Waals surface area (Å²) < 4.78 is 23.5. The van der Waals surface area contributed by atoms with E-state index in [0.29, 0.717) is 24.3 Å². The van der Waals surface area contributed by atoms with Crippen LogP contribution in [0.5, 0.6) is 11.5 Å². The fourth-order valence-electron chi connectivity index (χ4n) is 5.07. The Bertz CT molecular complexity index is 1560. The Balaban J connectivity index is 1.61. The number of carbonyl (C=O) groups excluding carboxylic acids is 1. The fourth-order valence-corrected chi connectivity index (χ4v) is 5.07. The summed E-state index contributed by atoms with van der Waals surface area (Å²) in [5.41, 5.74) is 3.95. The summed E-state index contributed by atoms with van der Waals surface area (Å²) >= 11 is 0. The molecule has 234 valence electrons. The molecule has 0 N–H and O–H groups in total. The summed E-state index contributed by atoms with van der Waals surface area (Å²) in [5.74, 6) is 2.21. The number of hydrogen-bond donors (Lipinski definition) is 0. The van der Waals surface area contributed by atoms with E-state index in [4.69, 9.17) is 28.8 Å². The lowest BCUT2D eigenvalue weighted by atomic mass is 9.79. The van der Waals surface area contributed by atoms with Crippen LogP contribution < -0.4 is 19.8 Å². The molecule has 1 fully saturated rings. The van der Waals surface area contributed by atoms with Crippen molar-refractivity contribution in [2.45, 2.75) is 52.0 Å². The predicted molar refractivity (Wildman–Crippen MR) is 177 cm³/mol. The average Bonchev–Trinajstić information content (AvgIpc) is 3.26. The van der Waals surface area contributed by atoms with Crippen LogP contribution in [0, 0.1) is 0 Å². The molecule has 1 aliphatic heterocycles. The van der Waals surface area contributed by atoms with Crippen LogP contribution in [-0.4, -0.2) is 67.4 Å². The number of aromatic nitrogens is 2. The van der Waals surface area contributed by atoms with E-state index < -0.39 is 18.3 Å². The normalized spacial score (nSPS) is 15.1. The molecule has 2 aromatic carbocycles. The third kappa shape index (κ3) is 6.97. The monoisotopic (exact) mass is 608 g/mol. The van der Waals surface area contributed by atoms with Gasteiger partial charge in [0.05, 0.1) is 36.7 Å². The number of hydrogen-bond acceptors (Lipinski definition) is 8. The first-order chi connectivity index (χ1) is 21.4. The summed E-state index contributed by atoms with van der Waals surface area (Å²) in [6.45, 7) is 9.27. The van der Waals surface area contributed by atoms with Gasteiger partial charge in [-0.2, -0.15) is 0 Å². The Morgan fingerprint density at radius 2 is 1.31 bits per heavy atom. The highest BCUT2D eigenvalue weighted by Crippen LogP contribution is 2.37. The zero-order valence-corrected chi connectivity index (χ0v) is 27.3. The van der Waals surface area contributed by atoms with Crippen LogP contribution in [0.3, 0.4) is 0 Å². The maximum atomic E-state index is 12.6. The Hall–Kier alpha value is -4.41. The maximum absolute atomic E-state index is 12.6. The van der Waals surface area contributed by atoms with E-state index >= 15 is 0 Å². The molecule has 45 heavy (non-hydrogen) atoms. The molecule has 1 amide bonds. The van der Waals surface area contributed by atoms with Gasteiger partial charge in [0.25, 0.3) is 5.91 Å². The molecule has 9 nitrogen and oxygen atoms in total. The second kappa shape index (κ2) is 12.9. The average molecular weight is 609 g/mol. The predicted octanol–water partition coefficient (Wildman–Crippen LogP) is 5.37. The van der Waals surface area contributed by atoms with Crippen molar-refractivity contribution in [3.05, 3.63) is 95.8 Å². The number of amides is 1. The van der Waals surface area contributed by atoms with Gasteiger partial charge in [0, 0.05) is 50.6 Å². The standard InChI is InChI=1S/C35H41BN4O5/c1-34(2)35(3,4)45-36(44-34)27-19-30(31-18-13-26(20-37-31)33(41)39(5)6)32(38-21-27)40(22-24-9-14-28(42-7)15-10-24)23-25-11-16-29(43-8)17-12-25/h9-21H,22-23H2,1-8H3. The minimum atomic E-state index is -0.596. The number of anilines is 1. The molecular weight excluding hydrogens is 567 g/mol. The van der Waals surface area contributed by atoms with Gasteiger partial charge in [-0.25, -0.2) is 4.98 Å². The maximum Gasteiger partial charge on any atom is 0.496 e. The van der Waals surface area contributed by atoms with Crippen molar-refractivity contribution in [1.82, 2.24) is 14.9 Å². The van der Waals surface area contributed by atoms with Gasteiger partial charge in [-0.15, -0.1) is 0 Å². The van der Waals surface area contributed by atoms with Crippen LogP contribution >= 0.6 is 0 Å². The summed E-state index contributed by atoms with van der Waals surface area (Å²) in [6, 6.07) is 21.7. The highest BCUT2D eigenvalue weighted by molar-refractivity contribution is 6.62. The van der Waals surface area contributed by atoms with Gasteiger partial charge in [-0.3, -0.25) is 9.78 Å². The van der Waals surface area contributed by atoms with Crippen LogP contribution in [0.15, 0.2) is 79.1 Å². The fraction of sp³-hybridized carbons (Fsp3) is 0.343. The number of ether oxygens (including phenoxy) is 2. The molecule has 5 rings (SSSR count). The first kappa shape index (κ1) is 32.0. The van der Waals surface area contributed by atoms with Crippen LogP contribution in [-0.2, 0) is 22.4 Å². The van der Waals surface area contributed by atoms with Gasteiger partial charge in [-0.1, -0.05) is 24.3 Å². The Kier molecular flexibility index (Phi) is 9.18. The number of methoxy groups -OCH3 is 2. The van der Waals surface area contributed by atoms with Crippen LogP contribution in [0.2, 0.25) is 0 Å². The number of pyridine rings is 2. The summed E-state index contributed by atoms with van der Waals surface area (Å²) in [7, 11) is 6.17. The van der Waals surface area contributed by atoms with E-state index in [-0.39, 0.29) is 5.91 Å². The highest BCUT2D eigenvalue weighted by atomic mass is 16.7. The molecule has 1 saturated heterocycles. The molecular formula is C35H41BN4O5. The molecule has 0 spiro atoms. The largest absolute Gasteiger partial charge is 0.497 e. The molecule has 0 bridgehead atoms. The van der Waals surface area contributed by atoms with Gasteiger partial charge in [0.15, 0.2) is 0 Å². The molecule has 4 aromatic rings. The lowest BCUT2D eigenvalue weighted by Gasteiger charge is -2.32. The van der Waals surface area contributed by atoms with Crippen molar-refractivity contribution in [3.63, 3.8) is 0 Å². The molecule has 0 saturated carbocycles. The molecule has 0 unspecified atom stereocenters. The number of nitrogens with zero attached hydrogens (tertiary/aromatic N) is 4. The Morgan fingerprint density at radius 3 is 1.76 bits per heavy atom. The van der Waals surface area contributed by atoms with Crippen LogP contribution in [0.25, 0.3) is 11.3 Å². The molecule has 0 aliphatic carbocycles. The Morgan fingerprint density at radius 1 is 0.778 bits per heavy atom.